The molecular formula is C12H18FN3O. The molecule has 0 fully saturated rings. The summed E-state index contributed by atoms with van der Waals surface area (Å²) < 4.78 is 13.2. The third kappa shape index (κ3) is 4.48. The fraction of sp³-hybridized carbons (Fsp3) is 0.500. The van der Waals surface area contributed by atoms with Crippen molar-refractivity contribution in [2.24, 2.45) is 11.7 Å². The quantitative estimate of drug-likeness (QED) is 0.814. The first-order valence-corrected chi connectivity index (χ1v) is 5.64. The van der Waals surface area contributed by atoms with Gasteiger partial charge in [0.1, 0.15) is 0 Å². The lowest BCUT2D eigenvalue weighted by Gasteiger charge is -2.14. The molecule has 0 bridgehead atoms. The van der Waals surface area contributed by atoms with E-state index in [4.69, 9.17) is 5.73 Å². The lowest BCUT2D eigenvalue weighted by molar-refractivity contribution is 0.0946. The Morgan fingerprint density at radius 1 is 1.59 bits per heavy atom. The summed E-state index contributed by atoms with van der Waals surface area (Å²) >= 11 is 0. The highest BCUT2D eigenvalue weighted by molar-refractivity contribution is 5.94. The monoisotopic (exact) mass is 239 g/mol. The van der Waals surface area contributed by atoms with Gasteiger partial charge in [-0.2, -0.15) is 0 Å². The van der Waals surface area contributed by atoms with Crippen molar-refractivity contribution in [1.29, 1.82) is 0 Å². The molecule has 0 aliphatic carbocycles. The highest BCUT2D eigenvalue weighted by atomic mass is 19.1. The van der Waals surface area contributed by atoms with Crippen molar-refractivity contribution in [2.45, 2.75) is 26.3 Å². The molecule has 17 heavy (non-hydrogen) atoms. The molecule has 1 unspecified atom stereocenters. The van der Waals surface area contributed by atoms with Crippen LogP contribution in [0.3, 0.4) is 0 Å². The van der Waals surface area contributed by atoms with Crippen molar-refractivity contribution in [2.75, 3.05) is 6.54 Å². The summed E-state index contributed by atoms with van der Waals surface area (Å²) in [5.74, 6) is -0.605. The molecule has 5 heteroatoms. The number of nitrogens with zero attached hydrogens (tertiary/aromatic N) is 1. The zero-order chi connectivity index (χ0) is 12.8. The van der Waals surface area contributed by atoms with Crippen molar-refractivity contribution in [3.8, 4) is 0 Å². The predicted octanol–water partition coefficient (Wildman–Crippen LogP) is 1.32. The largest absolute Gasteiger partial charge is 0.350 e. The van der Waals surface area contributed by atoms with E-state index in [1.165, 1.54) is 12.3 Å². The second-order valence-corrected chi connectivity index (χ2v) is 4.46. The molecule has 1 aromatic rings. The topological polar surface area (TPSA) is 68.0 Å². The second kappa shape index (κ2) is 6.30. The molecule has 0 spiro atoms. The number of aromatic nitrogens is 1. The lowest BCUT2D eigenvalue weighted by atomic mass is 10.0. The first-order valence-electron chi connectivity index (χ1n) is 5.64. The molecule has 94 valence electrons. The number of nitrogens with two attached hydrogens (primary N) is 1. The molecule has 0 saturated heterocycles. The number of pyridine rings is 1. The minimum atomic E-state index is -0.623. The standard InChI is InChI=1S/C12H18FN3O/c1-8(2)5-9(14)6-16-12(17)10-3-4-15-7-11(10)13/h3-4,7-9H,5-6,14H2,1-2H3,(H,16,17). The Bertz CT molecular complexity index is 382. The van der Waals surface area contributed by atoms with Gasteiger partial charge in [0, 0.05) is 18.8 Å². The Morgan fingerprint density at radius 2 is 2.29 bits per heavy atom. The number of carbonyl (C=O) groups is 1. The van der Waals surface area contributed by atoms with Gasteiger partial charge in [0.05, 0.1) is 11.8 Å². The van der Waals surface area contributed by atoms with Crippen LogP contribution in [0.15, 0.2) is 18.5 Å². The van der Waals surface area contributed by atoms with E-state index in [1.807, 2.05) is 0 Å². The normalized spacial score (nSPS) is 12.5. The van der Waals surface area contributed by atoms with Crippen LogP contribution in [0, 0.1) is 11.7 Å². The SMILES string of the molecule is CC(C)CC(N)CNC(=O)c1ccncc1F. The molecule has 0 aliphatic heterocycles. The van der Waals surface area contributed by atoms with E-state index in [9.17, 15) is 9.18 Å². The third-order valence-electron chi connectivity index (χ3n) is 2.32. The van der Waals surface area contributed by atoms with Crippen LogP contribution in [0.4, 0.5) is 4.39 Å². The van der Waals surface area contributed by atoms with E-state index in [-0.39, 0.29) is 11.6 Å². The van der Waals surface area contributed by atoms with E-state index in [0.29, 0.717) is 12.5 Å². The van der Waals surface area contributed by atoms with Gasteiger partial charge in [-0.15, -0.1) is 0 Å². The van der Waals surface area contributed by atoms with E-state index < -0.39 is 11.7 Å². The molecule has 1 atom stereocenters. The molecule has 0 aromatic carbocycles. The van der Waals surface area contributed by atoms with Crippen LogP contribution in [-0.2, 0) is 0 Å². The molecule has 4 nitrogen and oxygen atoms in total. The molecule has 1 amide bonds. The summed E-state index contributed by atoms with van der Waals surface area (Å²) in [7, 11) is 0. The summed E-state index contributed by atoms with van der Waals surface area (Å²) in [4.78, 5) is 15.2. The second-order valence-electron chi connectivity index (χ2n) is 4.46. The highest BCUT2D eigenvalue weighted by Crippen LogP contribution is 2.05. The number of amides is 1. The first kappa shape index (κ1) is 13.6. The Kier molecular flexibility index (Phi) is 5.03. The van der Waals surface area contributed by atoms with Gasteiger partial charge in [-0.3, -0.25) is 9.78 Å². The highest BCUT2D eigenvalue weighted by Gasteiger charge is 2.12. The zero-order valence-electron chi connectivity index (χ0n) is 10.1. The maximum absolute atomic E-state index is 13.2. The zero-order valence-corrected chi connectivity index (χ0v) is 10.1. The van der Waals surface area contributed by atoms with Gasteiger partial charge >= 0.3 is 0 Å². The smallest absolute Gasteiger partial charge is 0.254 e. The van der Waals surface area contributed by atoms with Crippen molar-refractivity contribution >= 4 is 5.91 Å². The molecule has 0 radical (unpaired) electrons. The van der Waals surface area contributed by atoms with E-state index in [0.717, 1.165) is 12.6 Å². The van der Waals surface area contributed by atoms with E-state index in [1.54, 1.807) is 0 Å². The molecule has 0 aliphatic rings. The maximum Gasteiger partial charge on any atom is 0.254 e. The van der Waals surface area contributed by atoms with Gasteiger partial charge in [-0.1, -0.05) is 13.8 Å². The Hall–Kier alpha value is -1.49. The maximum atomic E-state index is 13.2. The molecule has 0 saturated carbocycles. The minimum Gasteiger partial charge on any atom is -0.350 e. The summed E-state index contributed by atoms with van der Waals surface area (Å²) in [6.45, 7) is 4.47. The van der Waals surface area contributed by atoms with Gasteiger partial charge < -0.3 is 11.1 Å². The van der Waals surface area contributed by atoms with E-state index >= 15 is 0 Å². The minimum absolute atomic E-state index is 0.00301. The number of hydrogen-bond donors (Lipinski definition) is 2. The summed E-state index contributed by atoms with van der Waals surface area (Å²) in [6.07, 6.45) is 3.22. The van der Waals surface area contributed by atoms with Crippen LogP contribution in [0.2, 0.25) is 0 Å². The Balaban J connectivity index is 2.48. The first-order chi connectivity index (χ1) is 8.00. The molecule has 1 aromatic heterocycles. The average molecular weight is 239 g/mol. The number of rotatable bonds is 5. The predicted molar refractivity (Wildman–Crippen MR) is 64.0 cm³/mol. The van der Waals surface area contributed by atoms with Crippen molar-refractivity contribution in [3.05, 3.63) is 29.8 Å². The molecule has 1 heterocycles. The number of nitrogens with one attached hydrogen (secondary N) is 1. The van der Waals surface area contributed by atoms with Crippen molar-refractivity contribution in [3.63, 3.8) is 0 Å². The summed E-state index contributed by atoms with van der Waals surface area (Å²) in [6, 6.07) is 1.24. The number of halogens is 1. The summed E-state index contributed by atoms with van der Waals surface area (Å²) in [5, 5.41) is 2.61. The van der Waals surface area contributed by atoms with Crippen LogP contribution < -0.4 is 11.1 Å². The third-order valence-corrected chi connectivity index (χ3v) is 2.32. The fourth-order valence-corrected chi connectivity index (χ4v) is 1.57. The molecule has 3 N–H and O–H groups in total. The summed E-state index contributed by atoms with van der Waals surface area (Å²) in [5.41, 5.74) is 5.82. The fourth-order valence-electron chi connectivity index (χ4n) is 1.57. The number of carbonyl (C=O) groups excluding carboxylic acids is 1. The Morgan fingerprint density at radius 3 is 2.88 bits per heavy atom. The van der Waals surface area contributed by atoms with Gasteiger partial charge in [0.15, 0.2) is 5.82 Å². The molecule has 1 rings (SSSR count). The van der Waals surface area contributed by atoms with Crippen LogP contribution >= 0.6 is 0 Å². The molecular weight excluding hydrogens is 221 g/mol. The van der Waals surface area contributed by atoms with Gasteiger partial charge in [0.2, 0.25) is 0 Å². The number of hydrogen-bond acceptors (Lipinski definition) is 3. The lowest BCUT2D eigenvalue weighted by Crippen LogP contribution is -2.38. The van der Waals surface area contributed by atoms with Crippen molar-refractivity contribution < 1.29 is 9.18 Å². The van der Waals surface area contributed by atoms with Gasteiger partial charge in [0.25, 0.3) is 5.91 Å². The average Bonchev–Trinajstić information content (AvgIpc) is 2.25. The van der Waals surface area contributed by atoms with Gasteiger partial charge in [-0.25, -0.2) is 4.39 Å². The Labute approximate surface area is 100 Å². The van der Waals surface area contributed by atoms with Crippen LogP contribution in [0.5, 0.6) is 0 Å². The van der Waals surface area contributed by atoms with Crippen molar-refractivity contribution in [1.82, 2.24) is 10.3 Å². The van der Waals surface area contributed by atoms with Crippen LogP contribution in [0.25, 0.3) is 0 Å². The van der Waals surface area contributed by atoms with Gasteiger partial charge in [-0.05, 0) is 18.4 Å². The van der Waals surface area contributed by atoms with E-state index in [2.05, 4.69) is 24.1 Å². The van der Waals surface area contributed by atoms with Crippen LogP contribution in [-0.4, -0.2) is 23.5 Å². The van der Waals surface area contributed by atoms with Crippen LogP contribution in [0.1, 0.15) is 30.6 Å².